The van der Waals surface area contributed by atoms with E-state index in [-0.39, 0.29) is 23.1 Å². The Bertz CT molecular complexity index is 1050. The Hall–Kier alpha value is -2.31. The molecule has 0 bridgehead atoms. The lowest BCUT2D eigenvalue weighted by Gasteiger charge is -2.19. The van der Waals surface area contributed by atoms with Gasteiger partial charge in [0.2, 0.25) is 5.91 Å². The number of thioether (sulfide) groups is 1. The summed E-state index contributed by atoms with van der Waals surface area (Å²) >= 11 is 7.48. The summed E-state index contributed by atoms with van der Waals surface area (Å²) in [6.45, 7) is 12.8. The molecule has 5 nitrogen and oxygen atoms in total. The van der Waals surface area contributed by atoms with Crippen molar-refractivity contribution in [3.8, 4) is 17.1 Å². The molecule has 0 spiro atoms. The minimum atomic E-state index is -0.0158. The predicted molar refractivity (Wildman–Crippen MR) is 134 cm³/mol. The smallest absolute Gasteiger partial charge is 0.230 e. The molecule has 0 aliphatic rings. The van der Waals surface area contributed by atoms with Crippen LogP contribution in [0.25, 0.3) is 17.1 Å². The molecule has 2 aromatic carbocycles. The third-order valence-electron chi connectivity index (χ3n) is 5.45. The van der Waals surface area contributed by atoms with E-state index in [0.717, 1.165) is 17.1 Å². The van der Waals surface area contributed by atoms with Crippen LogP contribution in [0.2, 0.25) is 5.02 Å². The van der Waals surface area contributed by atoms with E-state index in [0.29, 0.717) is 16.1 Å². The van der Waals surface area contributed by atoms with Gasteiger partial charge in [-0.3, -0.25) is 9.36 Å². The molecule has 1 N–H and O–H groups in total. The molecule has 0 unspecified atom stereocenters. The van der Waals surface area contributed by atoms with Crippen LogP contribution in [0, 0.1) is 5.92 Å². The van der Waals surface area contributed by atoms with Gasteiger partial charge in [0.15, 0.2) is 11.0 Å². The number of hydrogen-bond acceptors (Lipinski definition) is 4. The number of rotatable bonds is 7. The van der Waals surface area contributed by atoms with Crippen molar-refractivity contribution < 1.29 is 4.79 Å². The summed E-state index contributed by atoms with van der Waals surface area (Å²) in [7, 11) is 0. The molecule has 32 heavy (non-hydrogen) atoms. The van der Waals surface area contributed by atoms with Gasteiger partial charge >= 0.3 is 0 Å². The van der Waals surface area contributed by atoms with Crippen molar-refractivity contribution in [2.24, 2.45) is 5.92 Å². The number of amides is 1. The molecular weight excluding hydrogens is 440 g/mol. The first kappa shape index (κ1) is 24.3. The summed E-state index contributed by atoms with van der Waals surface area (Å²) in [5.74, 6) is 1.36. The summed E-state index contributed by atoms with van der Waals surface area (Å²) in [5, 5.41) is 13.2. The van der Waals surface area contributed by atoms with E-state index in [1.165, 1.54) is 17.3 Å². The van der Waals surface area contributed by atoms with E-state index in [4.69, 9.17) is 11.6 Å². The van der Waals surface area contributed by atoms with Gasteiger partial charge in [-0.1, -0.05) is 82.2 Å². The Morgan fingerprint density at radius 1 is 1.03 bits per heavy atom. The number of aromatic nitrogens is 3. The van der Waals surface area contributed by atoms with Crippen molar-refractivity contribution in [1.82, 2.24) is 20.1 Å². The highest BCUT2D eigenvalue weighted by atomic mass is 35.5. The number of halogens is 1. The van der Waals surface area contributed by atoms with Crippen molar-refractivity contribution in [3.05, 3.63) is 59.1 Å². The maximum absolute atomic E-state index is 12.4. The van der Waals surface area contributed by atoms with Gasteiger partial charge in [-0.25, -0.2) is 0 Å². The second kappa shape index (κ2) is 10.1. The summed E-state index contributed by atoms with van der Waals surface area (Å²) in [5.41, 5.74) is 3.19. The number of hydrogen-bond donors (Lipinski definition) is 1. The van der Waals surface area contributed by atoms with Crippen molar-refractivity contribution in [2.75, 3.05) is 5.75 Å². The van der Waals surface area contributed by atoms with Gasteiger partial charge in [0.05, 0.1) is 5.75 Å². The van der Waals surface area contributed by atoms with Crippen LogP contribution in [0.15, 0.2) is 53.7 Å². The molecule has 0 radical (unpaired) electrons. The van der Waals surface area contributed by atoms with E-state index >= 15 is 0 Å². The maximum Gasteiger partial charge on any atom is 0.230 e. The third-order valence-corrected chi connectivity index (χ3v) is 6.63. The molecule has 0 saturated heterocycles. The molecule has 3 rings (SSSR count). The van der Waals surface area contributed by atoms with Gasteiger partial charge in [-0.15, -0.1) is 10.2 Å². The lowest BCUT2D eigenvalue weighted by Crippen LogP contribution is -2.37. The number of carbonyl (C=O) groups excluding carboxylic acids is 1. The Balaban J connectivity index is 1.92. The standard InChI is InChI=1S/C25H31ClN4OS/c1-16(2)17(3)27-22(31)15-32-24-29-28-23(30(24)21-13-11-20(26)12-14-21)18-7-9-19(10-8-18)25(4,5)6/h7-14,16-17H,15H2,1-6H3,(H,27,31)/t17-/m0/s1. The van der Waals surface area contributed by atoms with E-state index in [2.05, 4.69) is 74.4 Å². The summed E-state index contributed by atoms with van der Waals surface area (Å²) in [6.07, 6.45) is 0. The molecule has 3 aromatic rings. The zero-order chi connectivity index (χ0) is 23.5. The zero-order valence-electron chi connectivity index (χ0n) is 19.5. The van der Waals surface area contributed by atoms with Crippen LogP contribution in [0.4, 0.5) is 0 Å². The van der Waals surface area contributed by atoms with Crippen LogP contribution in [-0.4, -0.2) is 32.5 Å². The fraction of sp³-hybridized carbons (Fsp3) is 0.400. The summed E-state index contributed by atoms with van der Waals surface area (Å²) < 4.78 is 1.98. The van der Waals surface area contributed by atoms with E-state index in [1.54, 1.807) is 0 Å². The van der Waals surface area contributed by atoms with Crippen LogP contribution in [-0.2, 0) is 10.2 Å². The average Bonchev–Trinajstić information content (AvgIpc) is 3.16. The average molecular weight is 471 g/mol. The molecule has 0 aliphatic heterocycles. The lowest BCUT2D eigenvalue weighted by atomic mass is 9.87. The first-order valence-corrected chi connectivity index (χ1v) is 12.2. The molecule has 0 fully saturated rings. The summed E-state index contributed by atoms with van der Waals surface area (Å²) in [4.78, 5) is 12.4. The highest BCUT2D eigenvalue weighted by Gasteiger charge is 2.19. The van der Waals surface area contributed by atoms with Gasteiger partial charge in [0.25, 0.3) is 0 Å². The Morgan fingerprint density at radius 2 is 1.66 bits per heavy atom. The van der Waals surface area contributed by atoms with Gasteiger partial charge in [0, 0.05) is 22.3 Å². The van der Waals surface area contributed by atoms with E-state index in [9.17, 15) is 4.79 Å². The molecule has 1 aromatic heterocycles. The first-order chi connectivity index (χ1) is 15.1. The first-order valence-electron chi connectivity index (χ1n) is 10.8. The second-order valence-electron chi connectivity index (χ2n) is 9.33. The molecule has 7 heteroatoms. The van der Waals surface area contributed by atoms with Gasteiger partial charge in [-0.05, 0) is 48.1 Å². The molecule has 1 atom stereocenters. The number of nitrogens with zero attached hydrogens (tertiary/aromatic N) is 3. The maximum atomic E-state index is 12.4. The number of benzene rings is 2. The number of nitrogens with one attached hydrogen (secondary N) is 1. The monoisotopic (exact) mass is 470 g/mol. The second-order valence-corrected chi connectivity index (χ2v) is 10.7. The zero-order valence-corrected chi connectivity index (χ0v) is 21.1. The van der Waals surface area contributed by atoms with Crippen LogP contribution >= 0.6 is 23.4 Å². The molecule has 0 aliphatic carbocycles. The van der Waals surface area contributed by atoms with Crippen molar-refractivity contribution in [3.63, 3.8) is 0 Å². The molecule has 1 amide bonds. The minimum Gasteiger partial charge on any atom is -0.353 e. The molecular formula is C25H31ClN4OS. The summed E-state index contributed by atoms with van der Waals surface area (Å²) in [6, 6.07) is 16.1. The third kappa shape index (κ3) is 5.93. The minimum absolute atomic E-state index is 0.0158. The predicted octanol–water partition coefficient (Wildman–Crippen LogP) is 6.14. The SMILES string of the molecule is CC(C)[C@H](C)NC(=O)CSc1nnc(-c2ccc(C(C)(C)C)cc2)n1-c1ccc(Cl)cc1. The van der Waals surface area contributed by atoms with Crippen LogP contribution < -0.4 is 5.32 Å². The molecule has 170 valence electrons. The Morgan fingerprint density at radius 3 is 2.22 bits per heavy atom. The lowest BCUT2D eigenvalue weighted by molar-refractivity contribution is -0.119. The largest absolute Gasteiger partial charge is 0.353 e. The van der Waals surface area contributed by atoms with Gasteiger partial charge < -0.3 is 5.32 Å². The number of carbonyl (C=O) groups is 1. The fourth-order valence-corrected chi connectivity index (χ4v) is 3.97. The van der Waals surface area contributed by atoms with Crippen LogP contribution in [0.1, 0.15) is 47.1 Å². The van der Waals surface area contributed by atoms with Gasteiger partial charge in [-0.2, -0.15) is 0 Å². The Kier molecular flexibility index (Phi) is 7.67. The molecule has 0 saturated carbocycles. The Labute approximate surface area is 200 Å². The topological polar surface area (TPSA) is 59.8 Å². The van der Waals surface area contributed by atoms with Crippen molar-refractivity contribution >= 4 is 29.3 Å². The normalized spacial score (nSPS) is 12.8. The highest BCUT2D eigenvalue weighted by molar-refractivity contribution is 7.99. The molecule has 1 heterocycles. The van der Waals surface area contributed by atoms with E-state index in [1.807, 2.05) is 35.8 Å². The van der Waals surface area contributed by atoms with Crippen molar-refractivity contribution in [1.29, 1.82) is 0 Å². The van der Waals surface area contributed by atoms with Crippen molar-refractivity contribution in [2.45, 2.75) is 58.2 Å². The van der Waals surface area contributed by atoms with Crippen LogP contribution in [0.5, 0.6) is 0 Å². The quantitative estimate of drug-likeness (QED) is 0.421. The van der Waals surface area contributed by atoms with Crippen LogP contribution in [0.3, 0.4) is 0 Å². The highest BCUT2D eigenvalue weighted by Crippen LogP contribution is 2.30. The fourth-order valence-electron chi connectivity index (χ4n) is 3.08. The van der Waals surface area contributed by atoms with Gasteiger partial charge in [0.1, 0.15) is 0 Å². The van der Waals surface area contributed by atoms with E-state index < -0.39 is 0 Å².